The van der Waals surface area contributed by atoms with Crippen molar-refractivity contribution in [3.63, 3.8) is 0 Å². The maximum Gasteiger partial charge on any atom is 0.357 e. The van der Waals surface area contributed by atoms with Gasteiger partial charge in [0, 0.05) is 12.2 Å². The van der Waals surface area contributed by atoms with Crippen molar-refractivity contribution >= 4 is 17.7 Å². The first-order chi connectivity index (χ1) is 8.61. The fourth-order valence-corrected chi connectivity index (χ4v) is 1.71. The molecule has 18 heavy (non-hydrogen) atoms. The number of benzene rings is 1. The molecule has 1 aromatic heterocycles. The predicted molar refractivity (Wildman–Crippen MR) is 67.3 cm³/mol. The first kappa shape index (κ1) is 12.2. The first-order valence-electron chi connectivity index (χ1n) is 5.65. The third-order valence-corrected chi connectivity index (χ3v) is 2.57. The third kappa shape index (κ3) is 2.34. The van der Waals surface area contributed by atoms with Gasteiger partial charge in [0.2, 0.25) is 0 Å². The number of nitrogens with zero attached hydrogens (tertiary/aromatic N) is 2. The molecule has 0 bridgehead atoms. The zero-order chi connectivity index (χ0) is 13.1. The van der Waals surface area contributed by atoms with Crippen molar-refractivity contribution in [1.29, 1.82) is 0 Å². The molecule has 0 fully saturated rings. The second-order valence-corrected chi connectivity index (χ2v) is 3.90. The molecule has 0 radical (unpaired) electrons. The Bertz CT molecular complexity index is 563. The summed E-state index contributed by atoms with van der Waals surface area (Å²) in [7, 11) is 0. The average molecular weight is 246 g/mol. The fourth-order valence-electron chi connectivity index (χ4n) is 1.71. The molecule has 1 N–H and O–H groups in total. The van der Waals surface area contributed by atoms with Crippen LogP contribution in [0.4, 0.5) is 11.7 Å². The van der Waals surface area contributed by atoms with Gasteiger partial charge in [0.15, 0.2) is 5.69 Å². The number of hydrogen-bond donors (Lipinski definition) is 1. The Morgan fingerprint density at radius 2 is 2.28 bits per heavy atom. The van der Waals surface area contributed by atoms with Crippen LogP contribution in [0, 0.1) is 6.92 Å². The number of carboxylic acids is 1. The maximum absolute atomic E-state index is 10.8. The Hall–Kier alpha value is -2.30. The average Bonchev–Trinajstić information content (AvgIpc) is 2.80. The summed E-state index contributed by atoms with van der Waals surface area (Å²) in [5.41, 5.74) is 1.96. The summed E-state index contributed by atoms with van der Waals surface area (Å²) in [5, 5.41) is 8.83. The van der Waals surface area contributed by atoms with Crippen molar-refractivity contribution in [2.45, 2.75) is 13.8 Å². The SMILES string of the molecule is CCN(c1cccc(C)c1)c1nc(C(=O)O)co1. The van der Waals surface area contributed by atoms with Gasteiger partial charge in [-0.15, -0.1) is 0 Å². The van der Waals surface area contributed by atoms with Gasteiger partial charge in [-0.25, -0.2) is 4.79 Å². The summed E-state index contributed by atoms with van der Waals surface area (Å²) in [6.07, 6.45) is 1.15. The van der Waals surface area contributed by atoms with E-state index in [0.717, 1.165) is 17.5 Å². The number of anilines is 2. The lowest BCUT2D eigenvalue weighted by Gasteiger charge is -2.18. The van der Waals surface area contributed by atoms with Crippen LogP contribution in [0.15, 0.2) is 34.9 Å². The largest absolute Gasteiger partial charge is 0.476 e. The molecule has 2 aromatic rings. The number of carbonyl (C=O) groups is 1. The van der Waals surface area contributed by atoms with Gasteiger partial charge in [0.1, 0.15) is 6.26 Å². The van der Waals surface area contributed by atoms with Gasteiger partial charge in [-0.2, -0.15) is 4.98 Å². The van der Waals surface area contributed by atoms with Crippen molar-refractivity contribution in [3.05, 3.63) is 41.8 Å². The van der Waals surface area contributed by atoms with E-state index >= 15 is 0 Å². The molecule has 0 saturated carbocycles. The highest BCUT2D eigenvalue weighted by molar-refractivity contribution is 5.85. The van der Waals surface area contributed by atoms with E-state index in [1.54, 1.807) is 0 Å². The minimum absolute atomic E-state index is 0.0869. The van der Waals surface area contributed by atoms with Gasteiger partial charge < -0.3 is 9.52 Å². The molecular formula is C13H14N2O3. The molecule has 0 aliphatic heterocycles. The fraction of sp³-hybridized carbons (Fsp3) is 0.231. The van der Waals surface area contributed by atoms with Crippen molar-refractivity contribution in [1.82, 2.24) is 4.98 Å². The highest BCUT2D eigenvalue weighted by Gasteiger charge is 2.16. The van der Waals surface area contributed by atoms with Gasteiger partial charge >= 0.3 is 12.0 Å². The van der Waals surface area contributed by atoms with E-state index in [1.807, 2.05) is 43.0 Å². The van der Waals surface area contributed by atoms with Gasteiger partial charge in [0.25, 0.3) is 0 Å². The van der Waals surface area contributed by atoms with E-state index in [4.69, 9.17) is 9.52 Å². The molecule has 1 heterocycles. The first-order valence-corrected chi connectivity index (χ1v) is 5.65. The van der Waals surface area contributed by atoms with Crippen molar-refractivity contribution in [2.75, 3.05) is 11.4 Å². The predicted octanol–water partition coefficient (Wildman–Crippen LogP) is 2.84. The maximum atomic E-state index is 10.8. The molecule has 1 aromatic carbocycles. The second-order valence-electron chi connectivity index (χ2n) is 3.90. The van der Waals surface area contributed by atoms with E-state index in [-0.39, 0.29) is 5.69 Å². The van der Waals surface area contributed by atoms with Crippen LogP contribution in [0.25, 0.3) is 0 Å². The lowest BCUT2D eigenvalue weighted by molar-refractivity contribution is 0.0690. The zero-order valence-electron chi connectivity index (χ0n) is 10.3. The highest BCUT2D eigenvalue weighted by Crippen LogP contribution is 2.25. The molecule has 5 nitrogen and oxygen atoms in total. The minimum atomic E-state index is -1.09. The van der Waals surface area contributed by atoms with E-state index in [2.05, 4.69) is 4.98 Å². The normalized spacial score (nSPS) is 10.3. The molecule has 0 aliphatic carbocycles. The summed E-state index contributed by atoms with van der Waals surface area (Å²) in [5.74, 6) is -1.09. The summed E-state index contributed by atoms with van der Waals surface area (Å²) in [6.45, 7) is 4.59. The monoisotopic (exact) mass is 246 g/mol. The Labute approximate surface area is 105 Å². The molecule has 2 rings (SSSR count). The van der Waals surface area contributed by atoms with Gasteiger partial charge in [-0.1, -0.05) is 12.1 Å². The van der Waals surface area contributed by atoms with Gasteiger partial charge in [-0.05, 0) is 31.5 Å². The molecule has 0 spiro atoms. The van der Waals surface area contributed by atoms with Crippen LogP contribution in [0.2, 0.25) is 0 Å². The molecule has 0 atom stereocenters. The number of carboxylic acid groups (broad SMARTS) is 1. The van der Waals surface area contributed by atoms with Crippen LogP contribution in [0.3, 0.4) is 0 Å². The molecule has 0 unspecified atom stereocenters. The van der Waals surface area contributed by atoms with E-state index < -0.39 is 5.97 Å². The number of hydrogen-bond acceptors (Lipinski definition) is 4. The van der Waals surface area contributed by atoms with Crippen molar-refractivity contribution < 1.29 is 14.3 Å². The topological polar surface area (TPSA) is 66.6 Å². The number of aromatic carboxylic acids is 1. The number of aryl methyl sites for hydroxylation is 1. The summed E-state index contributed by atoms with van der Waals surface area (Å²) < 4.78 is 5.21. The summed E-state index contributed by atoms with van der Waals surface area (Å²) in [6, 6.07) is 8.15. The van der Waals surface area contributed by atoms with E-state index in [0.29, 0.717) is 12.6 Å². The van der Waals surface area contributed by atoms with E-state index in [1.165, 1.54) is 0 Å². The van der Waals surface area contributed by atoms with Gasteiger partial charge in [0.05, 0.1) is 0 Å². The van der Waals surface area contributed by atoms with E-state index in [9.17, 15) is 4.79 Å². The Balaban J connectivity index is 2.35. The molecule has 0 amide bonds. The van der Waals surface area contributed by atoms with Crippen molar-refractivity contribution in [2.24, 2.45) is 0 Å². The zero-order valence-corrected chi connectivity index (χ0v) is 10.3. The third-order valence-electron chi connectivity index (χ3n) is 2.57. The molecule has 5 heteroatoms. The summed E-state index contributed by atoms with van der Waals surface area (Å²) in [4.78, 5) is 16.5. The van der Waals surface area contributed by atoms with Crippen LogP contribution in [-0.4, -0.2) is 22.6 Å². The number of rotatable bonds is 4. The Kier molecular flexibility index (Phi) is 3.32. The number of aromatic nitrogens is 1. The molecular weight excluding hydrogens is 232 g/mol. The standard InChI is InChI=1S/C13H14N2O3/c1-3-15(10-6-4-5-9(2)7-10)13-14-11(8-18-13)12(16)17/h4-8H,3H2,1-2H3,(H,16,17). The second kappa shape index (κ2) is 4.91. The van der Waals surface area contributed by atoms with Crippen molar-refractivity contribution in [3.8, 4) is 0 Å². The quantitative estimate of drug-likeness (QED) is 0.898. The molecule has 0 aliphatic rings. The molecule has 94 valence electrons. The van der Waals surface area contributed by atoms with Gasteiger partial charge in [-0.3, -0.25) is 4.90 Å². The van der Waals surface area contributed by atoms with Crippen LogP contribution < -0.4 is 4.90 Å². The lowest BCUT2D eigenvalue weighted by Crippen LogP contribution is -2.16. The van der Waals surface area contributed by atoms with Crippen LogP contribution in [0.1, 0.15) is 23.0 Å². The minimum Gasteiger partial charge on any atom is -0.476 e. The summed E-state index contributed by atoms with van der Waals surface area (Å²) >= 11 is 0. The number of oxazole rings is 1. The van der Waals surface area contributed by atoms with Crippen LogP contribution in [-0.2, 0) is 0 Å². The molecule has 0 saturated heterocycles. The van der Waals surface area contributed by atoms with Crippen LogP contribution >= 0.6 is 0 Å². The van der Waals surface area contributed by atoms with Crippen LogP contribution in [0.5, 0.6) is 0 Å². The Morgan fingerprint density at radius 1 is 1.50 bits per heavy atom. The highest BCUT2D eigenvalue weighted by atomic mass is 16.4. The smallest absolute Gasteiger partial charge is 0.357 e. The Morgan fingerprint density at radius 3 is 2.83 bits per heavy atom. The lowest BCUT2D eigenvalue weighted by atomic mass is 10.2.